The number of rotatable bonds is 6. The molecule has 0 aromatic heterocycles. The first-order valence-electron chi connectivity index (χ1n) is 5.37. The predicted octanol–water partition coefficient (Wildman–Crippen LogP) is -0.930. The third kappa shape index (κ3) is 6.08. The first kappa shape index (κ1) is 15.7. The van der Waals surface area contributed by atoms with Crippen LogP contribution in [-0.4, -0.2) is 65.9 Å². The number of likely N-dealkylation sites (N-methyl/N-ethyl adjacent to an activating group) is 1. The Morgan fingerprint density at radius 2 is 1.82 bits per heavy atom. The molecule has 0 saturated carbocycles. The van der Waals surface area contributed by atoms with E-state index in [1.807, 2.05) is 25.9 Å². The normalized spacial score (nSPS) is 16.1. The lowest BCUT2D eigenvalue weighted by Crippen LogP contribution is -2.52. The highest BCUT2D eigenvalue weighted by Crippen LogP contribution is 1.93. The van der Waals surface area contributed by atoms with Crippen molar-refractivity contribution in [1.82, 2.24) is 15.5 Å². The van der Waals surface area contributed by atoms with Gasteiger partial charge in [-0.05, 0) is 27.9 Å². The molecule has 0 rings (SSSR count). The maximum atomic E-state index is 11.4. The van der Waals surface area contributed by atoms with Gasteiger partial charge in [0.2, 0.25) is 0 Å². The molecule has 100 valence electrons. The van der Waals surface area contributed by atoms with Crippen molar-refractivity contribution in [3.05, 3.63) is 0 Å². The maximum absolute atomic E-state index is 11.4. The highest BCUT2D eigenvalue weighted by atomic mass is 16.4. The van der Waals surface area contributed by atoms with Gasteiger partial charge in [0.05, 0.1) is 6.10 Å². The van der Waals surface area contributed by atoms with E-state index < -0.39 is 24.1 Å². The molecule has 0 aliphatic heterocycles. The average Bonchev–Trinajstić information content (AvgIpc) is 2.21. The van der Waals surface area contributed by atoms with Crippen LogP contribution in [0.3, 0.4) is 0 Å². The zero-order chi connectivity index (χ0) is 13.6. The zero-order valence-corrected chi connectivity index (χ0v) is 10.6. The summed E-state index contributed by atoms with van der Waals surface area (Å²) in [6.45, 7) is 3.62. The minimum atomic E-state index is -1.30. The molecule has 7 nitrogen and oxygen atoms in total. The van der Waals surface area contributed by atoms with Crippen LogP contribution in [0.15, 0.2) is 0 Å². The molecule has 0 aromatic carbocycles. The summed E-state index contributed by atoms with van der Waals surface area (Å²) in [5, 5.41) is 22.6. The number of carbonyl (C=O) groups is 2. The van der Waals surface area contributed by atoms with E-state index in [1.54, 1.807) is 0 Å². The van der Waals surface area contributed by atoms with Gasteiger partial charge in [-0.15, -0.1) is 0 Å². The summed E-state index contributed by atoms with van der Waals surface area (Å²) in [4.78, 5) is 24.0. The SMILES string of the molecule is CC(O)C(NC(=O)NCC(C)N(C)C)C(=O)O. The van der Waals surface area contributed by atoms with E-state index in [4.69, 9.17) is 10.2 Å². The number of amides is 2. The Hall–Kier alpha value is -1.34. The Kier molecular flexibility index (Phi) is 6.52. The first-order valence-corrected chi connectivity index (χ1v) is 5.37. The number of carboxylic acid groups (broad SMARTS) is 1. The van der Waals surface area contributed by atoms with Gasteiger partial charge in [0.15, 0.2) is 6.04 Å². The van der Waals surface area contributed by atoms with Gasteiger partial charge in [0.25, 0.3) is 0 Å². The minimum absolute atomic E-state index is 0.135. The lowest BCUT2D eigenvalue weighted by atomic mass is 10.2. The van der Waals surface area contributed by atoms with Crippen molar-refractivity contribution in [2.24, 2.45) is 0 Å². The molecule has 3 atom stereocenters. The molecule has 7 heteroatoms. The molecule has 2 amide bonds. The molecule has 0 bridgehead atoms. The smallest absolute Gasteiger partial charge is 0.328 e. The fourth-order valence-corrected chi connectivity index (χ4v) is 1.00. The Morgan fingerprint density at radius 1 is 1.29 bits per heavy atom. The summed E-state index contributed by atoms with van der Waals surface area (Å²) in [6, 6.07) is -1.77. The number of nitrogens with one attached hydrogen (secondary N) is 2. The second-order valence-electron chi connectivity index (χ2n) is 4.22. The molecule has 0 aromatic rings. The lowest BCUT2D eigenvalue weighted by molar-refractivity contribution is -0.141. The first-order chi connectivity index (χ1) is 7.75. The number of aliphatic hydroxyl groups is 1. The fraction of sp³-hybridized carbons (Fsp3) is 0.800. The molecule has 4 N–H and O–H groups in total. The quantitative estimate of drug-likeness (QED) is 0.486. The van der Waals surface area contributed by atoms with E-state index in [2.05, 4.69) is 10.6 Å². The number of hydrogen-bond acceptors (Lipinski definition) is 4. The highest BCUT2D eigenvalue weighted by molar-refractivity contribution is 5.82. The van der Waals surface area contributed by atoms with Gasteiger partial charge in [0.1, 0.15) is 0 Å². The third-order valence-electron chi connectivity index (χ3n) is 2.47. The van der Waals surface area contributed by atoms with Crippen molar-refractivity contribution in [2.45, 2.75) is 32.0 Å². The van der Waals surface area contributed by atoms with E-state index >= 15 is 0 Å². The van der Waals surface area contributed by atoms with Crippen LogP contribution in [-0.2, 0) is 4.79 Å². The monoisotopic (exact) mass is 247 g/mol. The molecule has 0 aliphatic rings. The topological polar surface area (TPSA) is 102 Å². The van der Waals surface area contributed by atoms with Crippen LogP contribution in [0.1, 0.15) is 13.8 Å². The van der Waals surface area contributed by atoms with Gasteiger partial charge in [-0.3, -0.25) is 0 Å². The molecule has 0 heterocycles. The van der Waals surface area contributed by atoms with Crippen molar-refractivity contribution in [2.75, 3.05) is 20.6 Å². The third-order valence-corrected chi connectivity index (χ3v) is 2.47. The van der Waals surface area contributed by atoms with Gasteiger partial charge < -0.3 is 25.7 Å². The summed E-state index contributed by atoms with van der Waals surface area (Å²) in [6.07, 6.45) is -1.15. The Morgan fingerprint density at radius 3 is 2.18 bits per heavy atom. The number of carbonyl (C=O) groups excluding carboxylic acids is 1. The maximum Gasteiger partial charge on any atom is 0.328 e. The number of aliphatic hydroxyl groups excluding tert-OH is 1. The number of nitrogens with zero attached hydrogens (tertiary/aromatic N) is 1. The Labute approximate surface area is 101 Å². The molecule has 0 aliphatic carbocycles. The van der Waals surface area contributed by atoms with Crippen LogP contribution in [0.2, 0.25) is 0 Å². The highest BCUT2D eigenvalue weighted by Gasteiger charge is 2.24. The fourth-order valence-electron chi connectivity index (χ4n) is 1.00. The van der Waals surface area contributed by atoms with E-state index in [9.17, 15) is 9.59 Å². The summed E-state index contributed by atoms with van der Waals surface area (Å²) in [5.74, 6) is -1.27. The zero-order valence-electron chi connectivity index (χ0n) is 10.6. The summed E-state index contributed by atoms with van der Waals surface area (Å²) in [7, 11) is 3.75. The van der Waals surface area contributed by atoms with Crippen LogP contribution < -0.4 is 10.6 Å². The second kappa shape index (κ2) is 7.08. The van der Waals surface area contributed by atoms with Gasteiger partial charge in [-0.1, -0.05) is 0 Å². The summed E-state index contributed by atoms with van der Waals surface area (Å²) >= 11 is 0. The van der Waals surface area contributed by atoms with Crippen molar-refractivity contribution < 1.29 is 19.8 Å². The molecule has 0 fully saturated rings. The van der Waals surface area contributed by atoms with Crippen molar-refractivity contribution in [3.63, 3.8) is 0 Å². The van der Waals surface area contributed by atoms with Crippen molar-refractivity contribution in [3.8, 4) is 0 Å². The van der Waals surface area contributed by atoms with Crippen LogP contribution in [0, 0.1) is 0 Å². The molecular formula is C10H21N3O4. The van der Waals surface area contributed by atoms with Crippen LogP contribution in [0.5, 0.6) is 0 Å². The standard InChI is InChI=1S/C10H21N3O4/c1-6(13(3)4)5-11-10(17)12-8(7(2)14)9(15)16/h6-8,14H,5H2,1-4H3,(H,15,16)(H2,11,12,17). The van der Waals surface area contributed by atoms with Gasteiger partial charge in [-0.2, -0.15) is 0 Å². The number of urea groups is 1. The van der Waals surface area contributed by atoms with Gasteiger partial charge in [-0.25, -0.2) is 9.59 Å². The molecule has 17 heavy (non-hydrogen) atoms. The number of aliphatic carboxylic acids is 1. The molecule has 0 spiro atoms. The van der Waals surface area contributed by atoms with Gasteiger partial charge >= 0.3 is 12.0 Å². The predicted molar refractivity (Wildman–Crippen MR) is 62.8 cm³/mol. The van der Waals surface area contributed by atoms with Crippen molar-refractivity contribution >= 4 is 12.0 Å². The molecule has 3 unspecified atom stereocenters. The van der Waals surface area contributed by atoms with E-state index in [0.717, 1.165) is 0 Å². The van der Waals surface area contributed by atoms with E-state index in [-0.39, 0.29) is 6.04 Å². The number of hydrogen-bond donors (Lipinski definition) is 4. The lowest BCUT2D eigenvalue weighted by Gasteiger charge is -2.22. The second-order valence-corrected chi connectivity index (χ2v) is 4.22. The Balaban J connectivity index is 4.12. The number of carboxylic acids is 1. The van der Waals surface area contributed by atoms with Crippen LogP contribution in [0.4, 0.5) is 4.79 Å². The van der Waals surface area contributed by atoms with E-state index in [0.29, 0.717) is 6.54 Å². The van der Waals surface area contributed by atoms with Crippen LogP contribution in [0.25, 0.3) is 0 Å². The van der Waals surface area contributed by atoms with Crippen molar-refractivity contribution in [1.29, 1.82) is 0 Å². The summed E-state index contributed by atoms with van der Waals surface area (Å²) in [5.41, 5.74) is 0. The summed E-state index contributed by atoms with van der Waals surface area (Å²) < 4.78 is 0. The van der Waals surface area contributed by atoms with Crippen LogP contribution >= 0.6 is 0 Å². The largest absolute Gasteiger partial charge is 0.480 e. The van der Waals surface area contributed by atoms with E-state index in [1.165, 1.54) is 6.92 Å². The Bertz CT molecular complexity index is 268. The molecule has 0 radical (unpaired) electrons. The minimum Gasteiger partial charge on any atom is -0.480 e. The average molecular weight is 247 g/mol. The molecule has 0 saturated heterocycles. The molecular weight excluding hydrogens is 226 g/mol. The van der Waals surface area contributed by atoms with Gasteiger partial charge in [0, 0.05) is 12.6 Å².